The minimum Gasteiger partial charge on any atom is -0.478 e. The van der Waals surface area contributed by atoms with Gasteiger partial charge in [0, 0.05) is 12.4 Å². The molecule has 3 N–H and O–H groups in total. The largest absolute Gasteiger partial charge is 0.478 e. The molecule has 0 aromatic heterocycles. The Kier molecular flexibility index (Phi) is 6.98. The molecule has 0 spiro atoms. The first-order valence-corrected chi connectivity index (χ1v) is 5.41. The summed E-state index contributed by atoms with van der Waals surface area (Å²) in [6.07, 6.45) is 0.732. The molecule has 0 aromatic carbocycles. The van der Waals surface area contributed by atoms with E-state index in [1.807, 2.05) is 0 Å². The molecule has 0 aliphatic carbocycles. The number of nitrogens with two attached hydrogens (primary N) is 1. The Morgan fingerprint density at radius 1 is 1.25 bits per heavy atom. The average Bonchev–Trinajstić information content (AvgIpc) is 2.33. The fourth-order valence-electron chi connectivity index (χ4n) is 1.05. The van der Waals surface area contributed by atoms with Crippen LogP contribution in [0.15, 0.2) is 46.2 Å². The van der Waals surface area contributed by atoms with Gasteiger partial charge in [-0.1, -0.05) is 12.2 Å². The second kappa shape index (κ2) is 7.93. The Morgan fingerprint density at radius 2 is 1.85 bits per heavy atom. The highest BCUT2D eigenvalue weighted by Gasteiger charge is 2.40. The van der Waals surface area contributed by atoms with E-state index < -0.39 is 23.4 Å². The lowest BCUT2D eigenvalue weighted by atomic mass is 10.1. The number of aliphatic imine (C=N–C) groups is 2. The van der Waals surface area contributed by atoms with Crippen molar-refractivity contribution < 1.29 is 23.1 Å². The smallest absolute Gasteiger partial charge is 0.434 e. The first kappa shape index (κ1) is 17.6. The number of rotatable bonds is 4. The third-order valence-electron chi connectivity index (χ3n) is 1.82. The number of halogens is 3. The molecule has 0 radical (unpaired) electrons. The summed E-state index contributed by atoms with van der Waals surface area (Å²) >= 11 is 0. The van der Waals surface area contributed by atoms with E-state index in [2.05, 4.69) is 9.98 Å². The van der Waals surface area contributed by atoms with E-state index >= 15 is 0 Å². The first-order chi connectivity index (χ1) is 9.27. The molecular formula is C12H14F3N3O2. The van der Waals surface area contributed by atoms with E-state index in [4.69, 9.17) is 10.8 Å². The molecule has 0 aromatic rings. The Labute approximate surface area is 113 Å². The molecule has 0 amide bonds. The zero-order chi connectivity index (χ0) is 15.8. The summed E-state index contributed by atoms with van der Waals surface area (Å²) in [6.45, 7) is 3.18. The summed E-state index contributed by atoms with van der Waals surface area (Å²) in [6, 6.07) is 0. The van der Waals surface area contributed by atoms with E-state index in [-0.39, 0.29) is 5.84 Å². The number of amidine groups is 1. The predicted molar refractivity (Wildman–Crippen MR) is 70.5 cm³/mol. The normalized spacial score (nSPS) is 15.3. The van der Waals surface area contributed by atoms with Gasteiger partial charge >= 0.3 is 12.1 Å². The topological polar surface area (TPSA) is 88.0 Å². The van der Waals surface area contributed by atoms with E-state index in [1.54, 1.807) is 13.8 Å². The highest BCUT2D eigenvalue weighted by atomic mass is 19.4. The second-order valence-corrected chi connectivity index (χ2v) is 3.31. The van der Waals surface area contributed by atoms with Crippen LogP contribution in [0, 0.1) is 0 Å². The van der Waals surface area contributed by atoms with Gasteiger partial charge in [-0.2, -0.15) is 13.2 Å². The van der Waals surface area contributed by atoms with Gasteiger partial charge in [-0.15, -0.1) is 0 Å². The van der Waals surface area contributed by atoms with E-state index in [0.717, 1.165) is 0 Å². The fraction of sp³-hybridized carbons (Fsp3) is 0.250. The number of carboxylic acid groups (broad SMARTS) is 1. The summed E-state index contributed by atoms with van der Waals surface area (Å²) < 4.78 is 38.6. The van der Waals surface area contributed by atoms with Gasteiger partial charge in [0.25, 0.3) is 0 Å². The van der Waals surface area contributed by atoms with Crippen molar-refractivity contribution >= 4 is 17.5 Å². The lowest BCUT2D eigenvalue weighted by Crippen LogP contribution is -2.30. The molecule has 110 valence electrons. The van der Waals surface area contributed by atoms with Gasteiger partial charge in [0.05, 0.1) is 0 Å². The minimum absolute atomic E-state index is 0.293. The molecule has 0 unspecified atom stereocenters. The Morgan fingerprint density at radius 3 is 2.20 bits per heavy atom. The van der Waals surface area contributed by atoms with Crippen LogP contribution in [0.4, 0.5) is 13.2 Å². The van der Waals surface area contributed by atoms with Crippen LogP contribution in [0.25, 0.3) is 0 Å². The number of hydrogen-bond donors (Lipinski definition) is 2. The van der Waals surface area contributed by atoms with Crippen LogP contribution < -0.4 is 5.73 Å². The third-order valence-corrected chi connectivity index (χ3v) is 1.82. The lowest BCUT2D eigenvalue weighted by molar-refractivity contribution is -0.132. The van der Waals surface area contributed by atoms with Gasteiger partial charge < -0.3 is 10.8 Å². The van der Waals surface area contributed by atoms with Crippen LogP contribution >= 0.6 is 0 Å². The van der Waals surface area contributed by atoms with E-state index in [1.165, 1.54) is 24.4 Å². The molecule has 0 atom stereocenters. The van der Waals surface area contributed by atoms with Crippen molar-refractivity contribution in [3.8, 4) is 0 Å². The Balaban J connectivity index is 5.99. The number of carboxylic acids is 1. The standard InChI is InChI=1S/C12H14F3N3O2/c1-3-5-9(17-6-4-2)18-10(12(13,14)15)8(7-16)11(19)20/h3-7H,16H2,1-2H3,(H,19,20)/b5-3-,6-4-,8-7+,17-9+,18-10?. The fourth-order valence-corrected chi connectivity index (χ4v) is 1.05. The molecule has 0 heterocycles. The predicted octanol–water partition coefficient (Wildman–Crippen LogP) is 2.43. The highest BCUT2D eigenvalue weighted by Crippen LogP contribution is 2.22. The molecule has 0 aliphatic heterocycles. The average molecular weight is 289 g/mol. The van der Waals surface area contributed by atoms with Gasteiger partial charge in [-0.05, 0) is 19.9 Å². The van der Waals surface area contributed by atoms with Crippen LogP contribution in [-0.2, 0) is 4.79 Å². The molecular weight excluding hydrogens is 275 g/mol. The SMILES string of the molecule is C\C=C/N=C(\C=C/C)N=C(/C(=C\N)C(=O)O)C(F)(F)F. The van der Waals surface area contributed by atoms with Gasteiger partial charge in [0.15, 0.2) is 11.5 Å². The van der Waals surface area contributed by atoms with Crippen LogP contribution in [0.2, 0.25) is 0 Å². The molecule has 0 saturated heterocycles. The molecule has 0 aliphatic rings. The second-order valence-electron chi connectivity index (χ2n) is 3.31. The van der Waals surface area contributed by atoms with Gasteiger partial charge in [0.1, 0.15) is 5.57 Å². The van der Waals surface area contributed by atoms with Gasteiger partial charge in [0.2, 0.25) is 0 Å². The van der Waals surface area contributed by atoms with Crippen molar-refractivity contribution in [1.82, 2.24) is 0 Å². The van der Waals surface area contributed by atoms with E-state index in [9.17, 15) is 18.0 Å². The van der Waals surface area contributed by atoms with Crippen molar-refractivity contribution in [2.75, 3.05) is 0 Å². The number of alkyl halides is 3. The van der Waals surface area contributed by atoms with Crippen LogP contribution in [0.3, 0.4) is 0 Å². The summed E-state index contributed by atoms with van der Waals surface area (Å²) in [5.74, 6) is -2.12. The molecule has 0 saturated carbocycles. The van der Waals surface area contributed by atoms with Crippen LogP contribution in [0.5, 0.6) is 0 Å². The van der Waals surface area contributed by atoms with Crippen molar-refractivity contribution in [1.29, 1.82) is 0 Å². The van der Waals surface area contributed by atoms with Crippen LogP contribution in [0.1, 0.15) is 13.8 Å². The van der Waals surface area contributed by atoms with Crippen molar-refractivity contribution in [3.05, 3.63) is 36.2 Å². The summed E-state index contributed by atoms with van der Waals surface area (Å²) in [4.78, 5) is 17.7. The maximum absolute atomic E-state index is 12.9. The minimum atomic E-state index is -4.97. The lowest BCUT2D eigenvalue weighted by Gasteiger charge is -2.10. The number of hydrogen-bond acceptors (Lipinski definition) is 3. The molecule has 8 heteroatoms. The van der Waals surface area contributed by atoms with Gasteiger partial charge in [-0.3, -0.25) is 0 Å². The first-order valence-electron chi connectivity index (χ1n) is 5.41. The molecule has 5 nitrogen and oxygen atoms in total. The van der Waals surface area contributed by atoms with Gasteiger partial charge in [-0.25, -0.2) is 14.8 Å². The Hall–Kier alpha value is -2.38. The maximum Gasteiger partial charge on any atom is 0.434 e. The number of carbonyl (C=O) groups is 1. The summed E-state index contributed by atoms with van der Waals surface area (Å²) in [5, 5.41) is 8.72. The molecule has 0 rings (SSSR count). The maximum atomic E-state index is 12.9. The highest BCUT2D eigenvalue weighted by molar-refractivity contribution is 6.24. The van der Waals surface area contributed by atoms with Crippen molar-refractivity contribution in [2.24, 2.45) is 15.7 Å². The Bertz CT molecular complexity index is 501. The zero-order valence-electron chi connectivity index (χ0n) is 10.8. The van der Waals surface area contributed by atoms with Crippen LogP contribution in [-0.4, -0.2) is 28.8 Å². The molecule has 0 fully saturated rings. The van der Waals surface area contributed by atoms with Crippen molar-refractivity contribution in [2.45, 2.75) is 20.0 Å². The summed E-state index contributed by atoms with van der Waals surface area (Å²) in [7, 11) is 0. The molecule has 0 bridgehead atoms. The summed E-state index contributed by atoms with van der Waals surface area (Å²) in [5.41, 5.74) is 2.17. The molecule has 20 heavy (non-hydrogen) atoms. The monoisotopic (exact) mass is 289 g/mol. The number of allylic oxidation sites excluding steroid dienone is 2. The number of aliphatic carboxylic acids is 1. The zero-order valence-corrected chi connectivity index (χ0v) is 10.8. The third kappa shape index (κ3) is 5.51. The van der Waals surface area contributed by atoms with Crippen molar-refractivity contribution in [3.63, 3.8) is 0 Å². The number of nitrogens with zero attached hydrogens (tertiary/aromatic N) is 2. The van der Waals surface area contributed by atoms with E-state index in [0.29, 0.717) is 6.20 Å². The quantitative estimate of drug-likeness (QED) is 0.473.